The summed E-state index contributed by atoms with van der Waals surface area (Å²) in [5.74, 6) is 0.758. The van der Waals surface area contributed by atoms with Crippen molar-refractivity contribution in [2.24, 2.45) is 0 Å². The fourth-order valence-corrected chi connectivity index (χ4v) is 4.32. The molecule has 0 spiro atoms. The molecule has 3 aromatic carbocycles. The molecule has 0 atom stereocenters. The quantitative estimate of drug-likeness (QED) is 0.312. The number of benzene rings is 3. The van der Waals surface area contributed by atoms with E-state index >= 15 is 0 Å². The molecular formula is C28H23F3N2O4. The molecule has 0 radical (unpaired) electrons. The van der Waals surface area contributed by atoms with Crippen molar-refractivity contribution in [2.45, 2.75) is 32.7 Å². The van der Waals surface area contributed by atoms with Gasteiger partial charge < -0.3 is 14.2 Å². The van der Waals surface area contributed by atoms with Crippen LogP contribution >= 0.6 is 0 Å². The average molecular weight is 508 g/mol. The summed E-state index contributed by atoms with van der Waals surface area (Å²) in [5, 5.41) is 0. The van der Waals surface area contributed by atoms with Crippen molar-refractivity contribution in [3.05, 3.63) is 99.5 Å². The van der Waals surface area contributed by atoms with Crippen molar-refractivity contribution in [2.75, 3.05) is 7.11 Å². The fourth-order valence-electron chi connectivity index (χ4n) is 4.32. The number of halogens is 3. The van der Waals surface area contributed by atoms with E-state index in [1.54, 1.807) is 42.0 Å². The SMILES string of the molecule is COc1ccc2c(c1)CCn1c-2cc(OCc2ccc(Oc3cccc(C)c3)c(C(F)(F)F)c2)nc1=O. The number of hydrogen-bond acceptors (Lipinski definition) is 5. The van der Waals surface area contributed by atoms with Crippen LogP contribution in [0.3, 0.4) is 0 Å². The fraction of sp³-hybridized carbons (Fsp3) is 0.214. The van der Waals surface area contributed by atoms with Crippen LogP contribution in [0, 0.1) is 6.92 Å². The van der Waals surface area contributed by atoms with Crippen LogP contribution in [-0.4, -0.2) is 16.7 Å². The van der Waals surface area contributed by atoms with Crippen LogP contribution in [0.15, 0.2) is 71.5 Å². The number of fused-ring (bicyclic) bond motifs is 3. The lowest BCUT2D eigenvalue weighted by molar-refractivity contribution is -0.138. The lowest BCUT2D eigenvalue weighted by atomic mass is 9.97. The predicted octanol–water partition coefficient (Wildman–Crippen LogP) is 6.17. The molecule has 0 unspecified atom stereocenters. The number of alkyl halides is 3. The molecule has 0 N–H and O–H groups in total. The molecule has 37 heavy (non-hydrogen) atoms. The van der Waals surface area contributed by atoms with Gasteiger partial charge in [0.15, 0.2) is 0 Å². The molecule has 9 heteroatoms. The molecule has 1 aliphatic rings. The van der Waals surface area contributed by atoms with Gasteiger partial charge in [-0.05, 0) is 72.5 Å². The Balaban J connectivity index is 1.40. The van der Waals surface area contributed by atoms with Crippen molar-refractivity contribution in [1.29, 1.82) is 0 Å². The van der Waals surface area contributed by atoms with E-state index in [-0.39, 0.29) is 23.8 Å². The van der Waals surface area contributed by atoms with Gasteiger partial charge in [0.25, 0.3) is 0 Å². The smallest absolute Gasteiger partial charge is 0.419 e. The minimum atomic E-state index is -4.64. The van der Waals surface area contributed by atoms with Crippen LogP contribution < -0.4 is 19.9 Å². The van der Waals surface area contributed by atoms with Crippen LogP contribution in [0.1, 0.15) is 22.3 Å². The number of aryl methyl sites for hydroxylation is 2. The molecule has 0 saturated heterocycles. The first-order chi connectivity index (χ1) is 17.7. The van der Waals surface area contributed by atoms with Crippen LogP contribution in [0.5, 0.6) is 23.1 Å². The van der Waals surface area contributed by atoms with Gasteiger partial charge in [-0.15, -0.1) is 0 Å². The Morgan fingerprint density at radius 2 is 1.84 bits per heavy atom. The van der Waals surface area contributed by atoms with E-state index in [2.05, 4.69) is 4.98 Å². The third-order valence-electron chi connectivity index (χ3n) is 6.13. The summed E-state index contributed by atoms with van der Waals surface area (Å²) < 4.78 is 59.5. The zero-order chi connectivity index (χ0) is 26.2. The van der Waals surface area contributed by atoms with Crippen molar-refractivity contribution in [3.63, 3.8) is 0 Å². The van der Waals surface area contributed by atoms with Crippen molar-refractivity contribution in [3.8, 4) is 34.4 Å². The molecule has 0 bridgehead atoms. The van der Waals surface area contributed by atoms with E-state index in [1.807, 2.05) is 25.1 Å². The van der Waals surface area contributed by atoms with Gasteiger partial charge in [-0.25, -0.2) is 4.79 Å². The summed E-state index contributed by atoms with van der Waals surface area (Å²) in [7, 11) is 1.59. The lowest BCUT2D eigenvalue weighted by Gasteiger charge is -2.22. The highest BCUT2D eigenvalue weighted by atomic mass is 19.4. The van der Waals surface area contributed by atoms with Crippen molar-refractivity contribution in [1.82, 2.24) is 9.55 Å². The van der Waals surface area contributed by atoms with E-state index in [0.29, 0.717) is 24.4 Å². The van der Waals surface area contributed by atoms with Crippen molar-refractivity contribution < 1.29 is 27.4 Å². The second-order valence-electron chi connectivity index (χ2n) is 8.72. The van der Waals surface area contributed by atoms with Gasteiger partial charge in [-0.3, -0.25) is 4.57 Å². The van der Waals surface area contributed by atoms with Gasteiger partial charge in [-0.2, -0.15) is 18.2 Å². The molecule has 1 aromatic heterocycles. The maximum Gasteiger partial charge on any atom is 0.419 e. The van der Waals surface area contributed by atoms with E-state index in [1.165, 1.54) is 12.1 Å². The highest BCUT2D eigenvalue weighted by Crippen LogP contribution is 2.39. The molecule has 6 nitrogen and oxygen atoms in total. The third-order valence-corrected chi connectivity index (χ3v) is 6.13. The zero-order valence-electron chi connectivity index (χ0n) is 20.1. The normalized spacial score (nSPS) is 12.5. The topological polar surface area (TPSA) is 62.6 Å². The molecule has 0 saturated carbocycles. The largest absolute Gasteiger partial charge is 0.497 e. The predicted molar refractivity (Wildman–Crippen MR) is 131 cm³/mol. The zero-order valence-corrected chi connectivity index (χ0v) is 20.1. The van der Waals surface area contributed by atoms with E-state index in [0.717, 1.165) is 28.5 Å². The first-order valence-corrected chi connectivity index (χ1v) is 11.6. The second kappa shape index (κ2) is 9.65. The first kappa shape index (κ1) is 24.4. The highest BCUT2D eigenvalue weighted by molar-refractivity contribution is 5.67. The monoisotopic (exact) mass is 508 g/mol. The van der Waals surface area contributed by atoms with Gasteiger partial charge in [0, 0.05) is 18.2 Å². The molecular weight excluding hydrogens is 485 g/mol. The van der Waals surface area contributed by atoms with Crippen LogP contribution in [0.25, 0.3) is 11.3 Å². The molecule has 4 aromatic rings. The number of rotatable bonds is 6. The Labute approximate surface area is 210 Å². The van der Waals surface area contributed by atoms with E-state index < -0.39 is 17.4 Å². The average Bonchev–Trinajstić information content (AvgIpc) is 2.87. The molecule has 2 heterocycles. The summed E-state index contributed by atoms with van der Waals surface area (Å²) in [6, 6.07) is 17.8. The van der Waals surface area contributed by atoms with Crippen LogP contribution in [0.4, 0.5) is 13.2 Å². The minimum Gasteiger partial charge on any atom is -0.497 e. The van der Waals surface area contributed by atoms with Gasteiger partial charge in [0.2, 0.25) is 5.88 Å². The summed E-state index contributed by atoms with van der Waals surface area (Å²) in [6.07, 6.45) is -3.98. The number of ether oxygens (including phenoxy) is 3. The third kappa shape index (κ3) is 5.16. The molecule has 0 aliphatic carbocycles. The molecule has 1 aliphatic heterocycles. The Hall–Kier alpha value is -4.27. The van der Waals surface area contributed by atoms with E-state index in [9.17, 15) is 18.0 Å². The Morgan fingerprint density at radius 1 is 1.00 bits per heavy atom. The number of hydrogen-bond donors (Lipinski definition) is 0. The Kier molecular flexibility index (Phi) is 6.37. The first-order valence-electron chi connectivity index (χ1n) is 11.6. The summed E-state index contributed by atoms with van der Waals surface area (Å²) in [4.78, 5) is 16.6. The highest BCUT2D eigenvalue weighted by Gasteiger charge is 2.35. The molecule has 190 valence electrons. The lowest BCUT2D eigenvalue weighted by Crippen LogP contribution is -2.28. The standard InChI is InChI=1S/C28H23F3N2O4/c1-17-4-3-5-21(12-17)37-25-9-6-18(13-23(25)28(29,30)31)16-36-26-15-24-22-8-7-20(35-2)14-19(22)10-11-33(24)27(34)32-26/h3-9,12-15H,10-11,16H2,1-2H3. The van der Waals surface area contributed by atoms with Gasteiger partial charge in [0.05, 0.1) is 18.4 Å². The molecule has 5 rings (SSSR count). The van der Waals surface area contributed by atoms with Crippen LogP contribution in [0.2, 0.25) is 0 Å². The van der Waals surface area contributed by atoms with Crippen LogP contribution in [-0.2, 0) is 25.7 Å². The van der Waals surface area contributed by atoms with Gasteiger partial charge >= 0.3 is 11.9 Å². The Bertz CT molecular complexity index is 1530. The van der Waals surface area contributed by atoms with Gasteiger partial charge in [0.1, 0.15) is 23.9 Å². The number of nitrogens with zero attached hydrogens (tertiary/aromatic N) is 2. The summed E-state index contributed by atoms with van der Waals surface area (Å²) in [6.45, 7) is 2.08. The van der Waals surface area contributed by atoms with Crippen molar-refractivity contribution >= 4 is 0 Å². The Morgan fingerprint density at radius 3 is 2.59 bits per heavy atom. The summed E-state index contributed by atoms with van der Waals surface area (Å²) in [5.41, 5.74) is 2.24. The maximum absolute atomic E-state index is 13.8. The molecule has 0 amide bonds. The summed E-state index contributed by atoms with van der Waals surface area (Å²) >= 11 is 0. The second-order valence-corrected chi connectivity index (χ2v) is 8.72. The number of methoxy groups -OCH3 is 1. The minimum absolute atomic E-state index is 0.0357. The van der Waals surface area contributed by atoms with E-state index in [4.69, 9.17) is 14.2 Å². The van der Waals surface area contributed by atoms with Gasteiger partial charge in [-0.1, -0.05) is 18.2 Å². The molecule has 0 fully saturated rings. The maximum atomic E-state index is 13.8. The number of aromatic nitrogens is 2.